The first-order chi connectivity index (χ1) is 12.1. The van der Waals surface area contributed by atoms with Crippen molar-refractivity contribution in [3.63, 3.8) is 0 Å². The topological polar surface area (TPSA) is 39.7 Å². The fourth-order valence-electron chi connectivity index (χ4n) is 3.31. The highest BCUT2D eigenvalue weighted by Crippen LogP contribution is 2.40. The number of hydrogen-bond donors (Lipinski definition) is 1. The molecule has 1 N–H and O–H groups in total. The van der Waals surface area contributed by atoms with Crippen molar-refractivity contribution in [1.82, 2.24) is 5.32 Å². The summed E-state index contributed by atoms with van der Waals surface area (Å²) < 4.78 is 16.3. The van der Waals surface area contributed by atoms with Gasteiger partial charge in [0, 0.05) is 6.04 Å². The average Bonchev–Trinajstić information content (AvgIpc) is 2.62. The molecule has 0 bridgehead atoms. The van der Waals surface area contributed by atoms with E-state index in [4.69, 9.17) is 37.4 Å². The van der Waals surface area contributed by atoms with Crippen LogP contribution in [0.1, 0.15) is 22.7 Å². The second-order valence-electron chi connectivity index (χ2n) is 5.96. The SMILES string of the molecule is COc1cc(CC2NCCc3cc(Cl)c(Cl)cc32)cc(OC)c1OC. The Labute approximate surface area is 158 Å². The molecule has 0 radical (unpaired) electrons. The summed E-state index contributed by atoms with van der Waals surface area (Å²) in [5, 5.41) is 4.75. The van der Waals surface area contributed by atoms with E-state index in [9.17, 15) is 0 Å². The van der Waals surface area contributed by atoms with Gasteiger partial charge in [0.25, 0.3) is 0 Å². The summed E-state index contributed by atoms with van der Waals surface area (Å²) in [4.78, 5) is 0. The molecule has 0 saturated heterocycles. The Morgan fingerprint density at radius 3 is 2.20 bits per heavy atom. The smallest absolute Gasteiger partial charge is 0.203 e. The predicted molar refractivity (Wildman–Crippen MR) is 101 cm³/mol. The van der Waals surface area contributed by atoms with Gasteiger partial charge >= 0.3 is 0 Å². The van der Waals surface area contributed by atoms with E-state index in [-0.39, 0.29) is 6.04 Å². The molecule has 1 atom stereocenters. The van der Waals surface area contributed by atoms with Crippen molar-refractivity contribution < 1.29 is 14.2 Å². The molecule has 0 aromatic heterocycles. The minimum Gasteiger partial charge on any atom is -0.493 e. The van der Waals surface area contributed by atoms with E-state index >= 15 is 0 Å². The maximum Gasteiger partial charge on any atom is 0.203 e. The summed E-state index contributed by atoms with van der Waals surface area (Å²) in [5.74, 6) is 1.91. The molecule has 4 nitrogen and oxygen atoms in total. The number of benzene rings is 2. The van der Waals surface area contributed by atoms with Crippen molar-refractivity contribution in [3.05, 3.63) is 51.0 Å². The maximum atomic E-state index is 6.23. The van der Waals surface area contributed by atoms with Gasteiger partial charge < -0.3 is 19.5 Å². The normalized spacial score (nSPS) is 16.3. The summed E-state index contributed by atoms with van der Waals surface area (Å²) in [6, 6.07) is 8.06. The monoisotopic (exact) mass is 381 g/mol. The summed E-state index contributed by atoms with van der Waals surface area (Å²) in [6.07, 6.45) is 1.72. The van der Waals surface area contributed by atoms with E-state index in [2.05, 4.69) is 5.32 Å². The van der Waals surface area contributed by atoms with Crippen LogP contribution in [-0.4, -0.2) is 27.9 Å². The number of ether oxygens (including phenoxy) is 3. The van der Waals surface area contributed by atoms with E-state index in [1.807, 2.05) is 24.3 Å². The Hall–Kier alpha value is -1.62. The summed E-state index contributed by atoms with van der Waals surface area (Å²) in [5.41, 5.74) is 3.52. The molecule has 134 valence electrons. The van der Waals surface area contributed by atoms with E-state index < -0.39 is 0 Å². The van der Waals surface area contributed by atoms with E-state index in [0.717, 1.165) is 24.9 Å². The van der Waals surface area contributed by atoms with Crippen LogP contribution in [0.4, 0.5) is 0 Å². The van der Waals surface area contributed by atoms with E-state index in [1.165, 1.54) is 11.1 Å². The molecule has 1 aliphatic rings. The predicted octanol–water partition coefficient (Wildman–Crippen LogP) is 4.45. The van der Waals surface area contributed by atoms with E-state index in [1.54, 1.807) is 21.3 Å². The van der Waals surface area contributed by atoms with Crippen LogP contribution in [0.25, 0.3) is 0 Å². The number of fused-ring (bicyclic) bond motifs is 1. The van der Waals surface area contributed by atoms with Gasteiger partial charge in [-0.1, -0.05) is 23.2 Å². The molecular formula is C19H21Cl2NO3. The minimum atomic E-state index is 0.154. The highest BCUT2D eigenvalue weighted by Gasteiger charge is 2.23. The van der Waals surface area contributed by atoms with Gasteiger partial charge in [0.2, 0.25) is 5.75 Å². The highest BCUT2D eigenvalue weighted by atomic mass is 35.5. The van der Waals surface area contributed by atoms with Gasteiger partial charge in [-0.2, -0.15) is 0 Å². The van der Waals surface area contributed by atoms with Gasteiger partial charge in [-0.25, -0.2) is 0 Å². The van der Waals surface area contributed by atoms with Crippen molar-refractivity contribution in [2.75, 3.05) is 27.9 Å². The molecule has 2 aromatic rings. The second kappa shape index (κ2) is 7.73. The van der Waals surface area contributed by atoms with Crippen molar-refractivity contribution in [1.29, 1.82) is 0 Å². The lowest BCUT2D eigenvalue weighted by atomic mass is 9.90. The molecule has 0 saturated carbocycles. The fourth-order valence-corrected chi connectivity index (χ4v) is 3.66. The van der Waals surface area contributed by atoms with Crippen LogP contribution < -0.4 is 19.5 Å². The van der Waals surface area contributed by atoms with Crippen LogP contribution in [-0.2, 0) is 12.8 Å². The Morgan fingerprint density at radius 1 is 0.960 bits per heavy atom. The quantitative estimate of drug-likeness (QED) is 0.830. The number of rotatable bonds is 5. The first-order valence-electron chi connectivity index (χ1n) is 8.07. The third-order valence-electron chi connectivity index (χ3n) is 4.51. The van der Waals surface area contributed by atoms with Crippen LogP contribution in [0.2, 0.25) is 10.0 Å². The van der Waals surface area contributed by atoms with Crippen LogP contribution in [0.15, 0.2) is 24.3 Å². The van der Waals surface area contributed by atoms with Crippen molar-refractivity contribution in [2.45, 2.75) is 18.9 Å². The average molecular weight is 382 g/mol. The zero-order chi connectivity index (χ0) is 18.0. The third-order valence-corrected chi connectivity index (χ3v) is 5.23. The molecule has 1 aliphatic heterocycles. The van der Waals surface area contributed by atoms with Crippen LogP contribution in [0, 0.1) is 0 Å². The summed E-state index contributed by atoms with van der Waals surface area (Å²) in [6.45, 7) is 0.903. The Kier molecular flexibility index (Phi) is 5.62. The van der Waals surface area contributed by atoms with E-state index in [0.29, 0.717) is 27.3 Å². The largest absolute Gasteiger partial charge is 0.493 e. The van der Waals surface area contributed by atoms with Gasteiger partial charge in [0.05, 0.1) is 31.4 Å². The molecule has 1 heterocycles. The zero-order valence-electron chi connectivity index (χ0n) is 14.5. The Balaban J connectivity index is 1.95. The maximum absolute atomic E-state index is 6.23. The lowest BCUT2D eigenvalue weighted by Crippen LogP contribution is -2.31. The lowest BCUT2D eigenvalue weighted by molar-refractivity contribution is 0.323. The lowest BCUT2D eigenvalue weighted by Gasteiger charge is -2.28. The summed E-state index contributed by atoms with van der Waals surface area (Å²) >= 11 is 12.4. The standard InChI is InChI=1S/C19H21Cl2NO3/c1-23-17-7-11(8-18(24-2)19(17)25-3)6-16-13-10-15(21)14(20)9-12(13)4-5-22-16/h7-10,16,22H,4-6H2,1-3H3. The molecule has 0 aliphatic carbocycles. The molecular weight excluding hydrogens is 361 g/mol. The molecule has 1 unspecified atom stereocenters. The number of nitrogens with one attached hydrogen (secondary N) is 1. The first kappa shape index (κ1) is 18.2. The molecule has 2 aromatic carbocycles. The van der Waals surface area contributed by atoms with Gasteiger partial charge in [0.15, 0.2) is 11.5 Å². The first-order valence-corrected chi connectivity index (χ1v) is 8.83. The second-order valence-corrected chi connectivity index (χ2v) is 6.77. The van der Waals surface area contributed by atoms with Crippen LogP contribution in [0.5, 0.6) is 17.2 Å². The van der Waals surface area contributed by atoms with Gasteiger partial charge in [-0.15, -0.1) is 0 Å². The van der Waals surface area contributed by atoms with Crippen LogP contribution in [0.3, 0.4) is 0 Å². The number of halogens is 2. The Bertz CT molecular complexity index is 754. The fraction of sp³-hybridized carbons (Fsp3) is 0.368. The molecule has 3 rings (SSSR count). The van der Waals surface area contributed by atoms with Gasteiger partial charge in [0.1, 0.15) is 0 Å². The summed E-state index contributed by atoms with van der Waals surface area (Å²) in [7, 11) is 4.85. The van der Waals surface area contributed by atoms with Crippen molar-refractivity contribution >= 4 is 23.2 Å². The third kappa shape index (κ3) is 3.66. The Morgan fingerprint density at radius 2 is 1.60 bits per heavy atom. The highest BCUT2D eigenvalue weighted by molar-refractivity contribution is 6.42. The van der Waals surface area contributed by atoms with Crippen molar-refractivity contribution in [2.24, 2.45) is 0 Å². The van der Waals surface area contributed by atoms with Gasteiger partial charge in [-0.3, -0.25) is 0 Å². The molecule has 6 heteroatoms. The molecule has 0 spiro atoms. The molecule has 25 heavy (non-hydrogen) atoms. The minimum absolute atomic E-state index is 0.154. The number of hydrogen-bond acceptors (Lipinski definition) is 4. The number of methoxy groups -OCH3 is 3. The zero-order valence-corrected chi connectivity index (χ0v) is 16.0. The van der Waals surface area contributed by atoms with Gasteiger partial charge in [-0.05, 0) is 60.3 Å². The molecule has 0 fully saturated rings. The molecule has 0 amide bonds. The van der Waals surface area contributed by atoms with Crippen LogP contribution >= 0.6 is 23.2 Å². The van der Waals surface area contributed by atoms with Crippen molar-refractivity contribution in [3.8, 4) is 17.2 Å².